The molecule has 2 aromatic rings. The van der Waals surface area contributed by atoms with Gasteiger partial charge in [-0.3, -0.25) is 29.2 Å². The molecular formula is C32H47N11O5S2. The van der Waals surface area contributed by atoms with Gasteiger partial charge in [0.05, 0.1) is 23.2 Å². The van der Waals surface area contributed by atoms with Gasteiger partial charge in [0, 0.05) is 40.2 Å². The smallest absolute Gasteiger partial charge is 0.253 e. The summed E-state index contributed by atoms with van der Waals surface area (Å²) < 4.78 is 0. The van der Waals surface area contributed by atoms with Crippen molar-refractivity contribution in [3.8, 4) is 0 Å². The van der Waals surface area contributed by atoms with Crippen molar-refractivity contribution in [2.75, 3.05) is 36.2 Å². The van der Waals surface area contributed by atoms with Crippen LogP contribution in [0.15, 0.2) is 56.2 Å². The molecule has 272 valence electrons. The molecule has 16 nitrogen and oxygen atoms in total. The molecule has 4 amide bonds. The molecule has 2 aromatic carbocycles. The minimum absolute atomic E-state index is 0.0195. The lowest BCUT2D eigenvalue weighted by molar-refractivity contribution is -0.118. The molecule has 18 heteroatoms. The van der Waals surface area contributed by atoms with E-state index in [0.717, 1.165) is 6.42 Å². The first kappa shape index (κ1) is 41.4. The zero-order valence-corrected chi connectivity index (χ0v) is 30.2. The Morgan fingerprint density at radius 2 is 1.32 bits per heavy atom. The minimum atomic E-state index is -1.12. The largest absolute Gasteiger partial charge is 0.370 e. The van der Waals surface area contributed by atoms with Crippen LogP contribution in [0.3, 0.4) is 0 Å². The predicted molar refractivity (Wildman–Crippen MR) is 200 cm³/mol. The third kappa shape index (κ3) is 12.9. The minimum Gasteiger partial charge on any atom is -0.370 e. The summed E-state index contributed by atoms with van der Waals surface area (Å²) in [6, 6.07) is 6.87. The van der Waals surface area contributed by atoms with Crippen LogP contribution in [0.1, 0.15) is 53.8 Å². The highest BCUT2D eigenvalue weighted by molar-refractivity contribution is 7.99. The lowest BCUT2D eigenvalue weighted by Crippen LogP contribution is -2.44. The first-order valence-electron chi connectivity index (χ1n) is 15.7. The van der Waals surface area contributed by atoms with Crippen LogP contribution in [0, 0.1) is 5.92 Å². The molecule has 0 aliphatic carbocycles. The molecule has 0 saturated heterocycles. The van der Waals surface area contributed by atoms with Crippen molar-refractivity contribution in [3.05, 3.63) is 47.5 Å². The van der Waals surface area contributed by atoms with Gasteiger partial charge in [-0.25, -0.2) is 0 Å². The first-order valence-corrected chi connectivity index (χ1v) is 18.1. The van der Waals surface area contributed by atoms with Gasteiger partial charge < -0.3 is 54.7 Å². The molecular weight excluding hydrogens is 683 g/mol. The Kier molecular flexibility index (Phi) is 17.1. The number of rotatable bonds is 19. The number of carbonyl (C=O) groups excluding carboxylic acids is 5. The SMILES string of the molecule is CCCC(N)C(=O)Nc1ccc(SC)c(C(=O)NC(CCN=C(N)N)C(=O)Nc2ccc(SC)c(C(=O)NC(C=O)C(C)CN=C(N)N)c2)c1. The second-order valence-corrected chi connectivity index (χ2v) is 12.9. The van der Waals surface area contributed by atoms with Crippen molar-refractivity contribution in [2.45, 2.75) is 61.0 Å². The average Bonchev–Trinajstić information content (AvgIpc) is 3.08. The lowest BCUT2D eigenvalue weighted by Gasteiger charge is -2.21. The van der Waals surface area contributed by atoms with Gasteiger partial charge >= 0.3 is 0 Å². The third-order valence-corrected chi connectivity index (χ3v) is 8.90. The highest BCUT2D eigenvalue weighted by Gasteiger charge is 2.25. The van der Waals surface area contributed by atoms with Gasteiger partial charge in [-0.2, -0.15) is 0 Å². The van der Waals surface area contributed by atoms with E-state index in [4.69, 9.17) is 28.7 Å². The Bertz CT molecular complexity index is 1580. The van der Waals surface area contributed by atoms with Crippen molar-refractivity contribution in [1.29, 1.82) is 0 Å². The van der Waals surface area contributed by atoms with Crippen molar-refractivity contribution in [1.82, 2.24) is 10.6 Å². The molecule has 0 fully saturated rings. The molecule has 0 saturated carbocycles. The van der Waals surface area contributed by atoms with Gasteiger partial charge in [-0.15, -0.1) is 23.5 Å². The van der Waals surface area contributed by atoms with Gasteiger partial charge in [-0.1, -0.05) is 20.3 Å². The van der Waals surface area contributed by atoms with E-state index in [1.807, 2.05) is 6.92 Å². The maximum atomic E-state index is 13.6. The summed E-state index contributed by atoms with van der Waals surface area (Å²) in [5.41, 5.74) is 28.8. The number of hydrogen-bond donors (Lipinski definition) is 9. The van der Waals surface area contributed by atoms with E-state index < -0.39 is 41.8 Å². The summed E-state index contributed by atoms with van der Waals surface area (Å²) in [6.07, 6.45) is 5.43. The maximum Gasteiger partial charge on any atom is 0.253 e. The van der Waals surface area contributed by atoms with Crippen molar-refractivity contribution < 1.29 is 24.0 Å². The molecule has 0 heterocycles. The molecule has 0 aromatic heterocycles. The molecule has 0 aliphatic rings. The second kappa shape index (κ2) is 20.6. The number of thioether (sulfide) groups is 2. The maximum absolute atomic E-state index is 13.6. The number of aliphatic imine (C=N–C) groups is 2. The number of benzene rings is 2. The number of hydrogen-bond acceptors (Lipinski definition) is 10. The van der Waals surface area contributed by atoms with E-state index >= 15 is 0 Å². The van der Waals surface area contributed by atoms with Crippen LogP contribution in [0.5, 0.6) is 0 Å². The number of nitrogens with one attached hydrogen (secondary N) is 4. The number of aldehydes is 1. The van der Waals surface area contributed by atoms with Crippen LogP contribution in [0.2, 0.25) is 0 Å². The van der Waals surface area contributed by atoms with E-state index in [9.17, 15) is 24.0 Å². The summed E-state index contributed by atoms with van der Waals surface area (Å²) in [7, 11) is 0. The molecule has 0 aliphatic heterocycles. The van der Waals surface area contributed by atoms with E-state index in [1.165, 1.54) is 35.7 Å². The van der Waals surface area contributed by atoms with Crippen molar-refractivity contribution in [2.24, 2.45) is 44.6 Å². The summed E-state index contributed by atoms with van der Waals surface area (Å²) in [4.78, 5) is 74.0. The quantitative estimate of drug-likeness (QED) is 0.0420. The predicted octanol–water partition coefficient (Wildman–Crippen LogP) is 0.804. The highest BCUT2D eigenvalue weighted by atomic mass is 32.2. The Morgan fingerprint density at radius 3 is 1.80 bits per heavy atom. The summed E-state index contributed by atoms with van der Waals surface area (Å²) >= 11 is 2.61. The Morgan fingerprint density at radius 1 is 0.800 bits per heavy atom. The number of nitrogens with two attached hydrogens (primary N) is 5. The first-order chi connectivity index (χ1) is 23.7. The molecule has 4 atom stereocenters. The molecule has 0 radical (unpaired) electrons. The lowest BCUT2D eigenvalue weighted by atomic mass is 10.0. The van der Waals surface area contributed by atoms with Gasteiger partial charge in [0.15, 0.2) is 11.9 Å². The number of carbonyl (C=O) groups is 5. The monoisotopic (exact) mass is 729 g/mol. The molecule has 14 N–H and O–H groups in total. The fraction of sp³-hybridized carbons (Fsp3) is 0.406. The van der Waals surface area contributed by atoms with Gasteiger partial charge in [0.2, 0.25) is 11.8 Å². The molecule has 0 bridgehead atoms. The Labute approximate surface area is 300 Å². The van der Waals surface area contributed by atoms with Gasteiger partial charge in [-0.05, 0) is 61.8 Å². The molecule has 0 spiro atoms. The third-order valence-electron chi connectivity index (χ3n) is 7.31. The Balaban J connectivity index is 2.35. The van der Waals surface area contributed by atoms with Crippen LogP contribution in [-0.4, -0.2) is 85.6 Å². The van der Waals surface area contributed by atoms with Crippen LogP contribution in [-0.2, 0) is 14.4 Å². The number of amides is 4. The van der Waals surface area contributed by atoms with Crippen LogP contribution in [0.25, 0.3) is 0 Å². The zero-order chi connectivity index (χ0) is 37.4. The average molecular weight is 730 g/mol. The highest BCUT2D eigenvalue weighted by Crippen LogP contribution is 2.26. The van der Waals surface area contributed by atoms with Crippen LogP contribution < -0.4 is 49.9 Å². The van der Waals surface area contributed by atoms with Gasteiger partial charge in [0.25, 0.3) is 11.8 Å². The van der Waals surface area contributed by atoms with Crippen molar-refractivity contribution >= 4 is 76.7 Å². The number of anilines is 2. The van der Waals surface area contributed by atoms with Gasteiger partial charge in [0.1, 0.15) is 12.3 Å². The summed E-state index contributed by atoms with van der Waals surface area (Å²) in [5, 5.41) is 10.9. The number of guanidine groups is 2. The Hall–Kier alpha value is -4.81. The van der Waals surface area contributed by atoms with E-state index in [1.54, 1.807) is 43.7 Å². The normalized spacial score (nSPS) is 13.1. The van der Waals surface area contributed by atoms with E-state index in [0.29, 0.717) is 28.2 Å². The number of nitrogens with zero attached hydrogens (tertiary/aromatic N) is 2. The zero-order valence-electron chi connectivity index (χ0n) is 28.5. The van der Waals surface area contributed by atoms with E-state index in [-0.39, 0.29) is 54.2 Å². The summed E-state index contributed by atoms with van der Waals surface area (Å²) in [5.74, 6) is -2.85. The summed E-state index contributed by atoms with van der Waals surface area (Å²) in [6.45, 7) is 3.77. The molecule has 2 rings (SSSR count). The van der Waals surface area contributed by atoms with Crippen LogP contribution >= 0.6 is 23.5 Å². The molecule has 4 unspecified atom stereocenters. The second-order valence-electron chi connectivity index (χ2n) is 11.2. The fourth-order valence-electron chi connectivity index (χ4n) is 4.56. The topological polar surface area (TPSA) is 288 Å². The van der Waals surface area contributed by atoms with Crippen molar-refractivity contribution in [3.63, 3.8) is 0 Å². The molecule has 50 heavy (non-hydrogen) atoms. The standard InChI is InChI=1S/C32H47N11O5S2/c1-5-6-22(33)29(47)40-18-7-9-25(49-3)20(13-18)27(45)42-23(11-12-38-31(34)35)30(48)41-19-8-10-26(50-4)21(14-19)28(46)43-24(16-44)17(2)15-39-32(36)37/h7-10,13-14,16-17,22-24H,5-6,11-12,15,33H2,1-4H3,(H,40,47)(H,41,48)(H,42,45)(H,43,46)(H4,34,35,38)(H4,36,37,39). The van der Waals surface area contributed by atoms with Crippen LogP contribution in [0.4, 0.5) is 11.4 Å². The fourth-order valence-corrected chi connectivity index (χ4v) is 5.71. The van der Waals surface area contributed by atoms with E-state index in [2.05, 4.69) is 31.3 Å².